The monoisotopic (exact) mass is 1030 g/mol. The minimum Gasteiger partial charge on any atom is -0.311 e. The van der Waals surface area contributed by atoms with Crippen LogP contribution >= 0.6 is 0 Å². The molecule has 2 aliphatic rings. The summed E-state index contributed by atoms with van der Waals surface area (Å²) in [5.74, 6) is 0. The SMILES string of the molecule is CC1(C)c2ccccc2-c2cccc(-c3ccc(N(c4ccc(-c5ccc(-c6cccc(-c7ccc8ccccc8c7)c6)cc5)cc4)c4ccc(-c5ccc6c(c5)C(c5ccccc5)(c5ccccc5)c5ccccc5-6)cc4)cc3)c21. The minimum atomic E-state index is -0.466. The Morgan fingerprint density at radius 3 is 1.25 bits per heavy atom. The first-order chi connectivity index (χ1) is 39.9. The molecule has 0 heterocycles. The molecule has 0 atom stereocenters. The molecule has 0 bridgehead atoms. The minimum absolute atomic E-state index is 0.117. The van der Waals surface area contributed by atoms with Crippen molar-refractivity contribution < 1.29 is 0 Å². The lowest BCUT2D eigenvalue weighted by molar-refractivity contribution is 0.662. The van der Waals surface area contributed by atoms with E-state index in [1.165, 1.54) is 122 Å². The third-order valence-corrected chi connectivity index (χ3v) is 17.6. The fourth-order valence-electron chi connectivity index (χ4n) is 13.7. The highest BCUT2D eigenvalue weighted by Crippen LogP contribution is 2.57. The third kappa shape index (κ3) is 7.99. The van der Waals surface area contributed by atoms with Crippen molar-refractivity contribution in [3.05, 3.63) is 343 Å². The van der Waals surface area contributed by atoms with E-state index in [1.54, 1.807) is 0 Å². The second-order valence-electron chi connectivity index (χ2n) is 22.4. The van der Waals surface area contributed by atoms with Gasteiger partial charge in [0.2, 0.25) is 0 Å². The van der Waals surface area contributed by atoms with Crippen molar-refractivity contribution in [2.24, 2.45) is 0 Å². The van der Waals surface area contributed by atoms with Gasteiger partial charge in [-0.25, -0.2) is 0 Å². The van der Waals surface area contributed by atoms with E-state index in [1.807, 2.05) is 0 Å². The summed E-state index contributed by atoms with van der Waals surface area (Å²) in [6.45, 7) is 4.74. The van der Waals surface area contributed by atoms with Crippen LogP contribution in [-0.4, -0.2) is 0 Å². The van der Waals surface area contributed by atoms with Gasteiger partial charge in [-0.3, -0.25) is 0 Å². The Morgan fingerprint density at radius 2 is 0.630 bits per heavy atom. The third-order valence-electron chi connectivity index (χ3n) is 17.6. The Balaban J connectivity index is 0.784. The van der Waals surface area contributed by atoms with Crippen molar-refractivity contribution in [3.8, 4) is 77.9 Å². The van der Waals surface area contributed by atoms with Crippen LogP contribution in [-0.2, 0) is 10.8 Å². The summed E-state index contributed by atoms with van der Waals surface area (Å²) >= 11 is 0. The smallest absolute Gasteiger partial charge is 0.0713 e. The first-order valence-electron chi connectivity index (χ1n) is 28.3. The van der Waals surface area contributed by atoms with Crippen LogP contribution in [0.15, 0.2) is 309 Å². The molecule has 13 aromatic carbocycles. The molecule has 0 unspecified atom stereocenters. The second kappa shape index (κ2) is 19.4. The van der Waals surface area contributed by atoms with Crippen LogP contribution in [0.5, 0.6) is 0 Å². The molecule has 0 amide bonds. The number of rotatable bonds is 10. The fourth-order valence-corrected chi connectivity index (χ4v) is 13.7. The lowest BCUT2D eigenvalue weighted by Crippen LogP contribution is -2.28. The van der Waals surface area contributed by atoms with Crippen LogP contribution in [0.2, 0.25) is 0 Å². The highest BCUT2D eigenvalue weighted by atomic mass is 15.1. The van der Waals surface area contributed by atoms with Gasteiger partial charge in [0.15, 0.2) is 0 Å². The highest BCUT2D eigenvalue weighted by molar-refractivity contribution is 5.92. The Bertz CT molecular complexity index is 4450. The maximum atomic E-state index is 2.45. The van der Waals surface area contributed by atoms with E-state index in [-0.39, 0.29) is 5.41 Å². The second-order valence-corrected chi connectivity index (χ2v) is 22.4. The Hall–Kier alpha value is -10.1. The highest BCUT2D eigenvalue weighted by Gasteiger charge is 2.46. The predicted molar refractivity (Wildman–Crippen MR) is 341 cm³/mol. The number of fused-ring (bicyclic) bond motifs is 7. The molecule has 1 heteroatoms. The van der Waals surface area contributed by atoms with Gasteiger partial charge < -0.3 is 4.90 Å². The molecule has 0 fully saturated rings. The molecule has 1 nitrogen and oxygen atoms in total. The summed E-state index contributed by atoms with van der Waals surface area (Å²) in [7, 11) is 0. The molecule has 0 N–H and O–H groups in total. The van der Waals surface area contributed by atoms with E-state index < -0.39 is 5.41 Å². The topological polar surface area (TPSA) is 3.24 Å². The molecule has 382 valence electrons. The van der Waals surface area contributed by atoms with Gasteiger partial charge >= 0.3 is 0 Å². The molecule has 0 aliphatic heterocycles. The zero-order chi connectivity index (χ0) is 54.1. The molecule has 0 saturated heterocycles. The van der Waals surface area contributed by atoms with E-state index in [0.717, 1.165) is 17.1 Å². The van der Waals surface area contributed by atoms with Crippen LogP contribution in [0.25, 0.3) is 88.7 Å². The van der Waals surface area contributed by atoms with Crippen molar-refractivity contribution in [1.29, 1.82) is 0 Å². The van der Waals surface area contributed by atoms with Gasteiger partial charge in [0.1, 0.15) is 0 Å². The molecular formula is C80H57N. The number of benzene rings is 13. The Kier molecular flexibility index (Phi) is 11.5. The van der Waals surface area contributed by atoms with E-state index in [0.29, 0.717) is 0 Å². The van der Waals surface area contributed by atoms with Crippen molar-refractivity contribution >= 4 is 27.8 Å². The number of anilines is 3. The first-order valence-corrected chi connectivity index (χ1v) is 28.3. The maximum absolute atomic E-state index is 2.45. The van der Waals surface area contributed by atoms with Crippen LogP contribution in [0, 0.1) is 0 Å². The number of hydrogen-bond acceptors (Lipinski definition) is 1. The average molecular weight is 1030 g/mol. The number of nitrogens with zero attached hydrogens (tertiary/aromatic N) is 1. The summed E-state index contributed by atoms with van der Waals surface area (Å²) in [4.78, 5) is 2.40. The predicted octanol–water partition coefficient (Wildman–Crippen LogP) is 21.3. The van der Waals surface area contributed by atoms with Crippen molar-refractivity contribution in [2.45, 2.75) is 24.7 Å². The number of hydrogen-bond donors (Lipinski definition) is 0. The van der Waals surface area contributed by atoms with Gasteiger partial charge in [0, 0.05) is 22.5 Å². The zero-order valence-electron chi connectivity index (χ0n) is 45.4. The summed E-state index contributed by atoms with van der Waals surface area (Å²) in [6.07, 6.45) is 0. The zero-order valence-corrected chi connectivity index (χ0v) is 45.4. The Morgan fingerprint density at radius 1 is 0.235 bits per heavy atom. The molecule has 13 aromatic rings. The molecular weight excluding hydrogens is 975 g/mol. The van der Waals surface area contributed by atoms with E-state index in [2.05, 4.69) is 328 Å². The molecule has 0 radical (unpaired) electrons. The summed E-state index contributed by atoms with van der Waals surface area (Å²) in [6, 6.07) is 115. The molecule has 15 rings (SSSR count). The molecule has 81 heavy (non-hydrogen) atoms. The largest absolute Gasteiger partial charge is 0.311 e. The van der Waals surface area contributed by atoms with Crippen molar-refractivity contribution in [2.75, 3.05) is 4.90 Å². The Labute approximate surface area is 475 Å². The molecule has 0 aromatic heterocycles. The van der Waals surface area contributed by atoms with Gasteiger partial charge in [-0.05, 0) is 177 Å². The van der Waals surface area contributed by atoms with E-state index in [4.69, 9.17) is 0 Å². The molecule has 0 saturated carbocycles. The van der Waals surface area contributed by atoms with Gasteiger partial charge in [0.05, 0.1) is 5.41 Å². The van der Waals surface area contributed by atoms with Crippen molar-refractivity contribution in [1.82, 2.24) is 0 Å². The van der Waals surface area contributed by atoms with Crippen LogP contribution in [0.4, 0.5) is 17.1 Å². The van der Waals surface area contributed by atoms with Crippen LogP contribution < -0.4 is 4.90 Å². The van der Waals surface area contributed by atoms with Gasteiger partial charge in [-0.2, -0.15) is 0 Å². The molecule has 2 aliphatic carbocycles. The maximum Gasteiger partial charge on any atom is 0.0713 e. The summed E-state index contributed by atoms with van der Waals surface area (Å²) in [5, 5.41) is 2.51. The van der Waals surface area contributed by atoms with E-state index >= 15 is 0 Å². The van der Waals surface area contributed by atoms with E-state index in [9.17, 15) is 0 Å². The van der Waals surface area contributed by atoms with Gasteiger partial charge in [-0.15, -0.1) is 0 Å². The van der Waals surface area contributed by atoms with Crippen LogP contribution in [0.1, 0.15) is 47.2 Å². The van der Waals surface area contributed by atoms with Crippen molar-refractivity contribution in [3.63, 3.8) is 0 Å². The lowest BCUT2D eigenvalue weighted by atomic mass is 9.67. The quantitative estimate of drug-likeness (QED) is 0.132. The normalized spacial score (nSPS) is 13.3. The summed E-state index contributed by atoms with van der Waals surface area (Å²) in [5.41, 5.74) is 27.9. The van der Waals surface area contributed by atoms with Gasteiger partial charge in [-0.1, -0.05) is 269 Å². The first kappa shape index (κ1) is 48.1. The standard InChI is InChI=1S/C80H57N/c1-79(2)75-29-13-11-26-72(75)74-28-16-27-70(78(74)79)59-41-48-69(49-42-59)81(67-44-37-56(38-45-67)55-31-33-57(34-32-55)61-19-15-20-62(51-61)63-36-35-54-17-9-10-18-60(54)52-63)68-46-39-58(40-47-68)64-43-50-73-71-25-12-14-30-76(71)80(77(73)53-64,65-21-5-3-6-22-65)66-23-7-4-8-24-66/h3-53H,1-2H3. The summed E-state index contributed by atoms with van der Waals surface area (Å²) < 4.78 is 0. The lowest BCUT2D eigenvalue weighted by Gasteiger charge is -2.34. The average Bonchev–Trinajstić information content (AvgIpc) is 4.22. The fraction of sp³-hybridized carbons (Fsp3) is 0.0500. The van der Waals surface area contributed by atoms with Crippen LogP contribution in [0.3, 0.4) is 0 Å². The van der Waals surface area contributed by atoms with Gasteiger partial charge in [0.25, 0.3) is 0 Å². The molecule has 0 spiro atoms.